The molecule has 0 aromatic heterocycles. The zero-order valence-electron chi connectivity index (χ0n) is 11.5. The molecule has 0 bridgehead atoms. The van der Waals surface area contributed by atoms with Crippen LogP contribution in [0.5, 0.6) is 0 Å². The monoisotopic (exact) mass is 347 g/mol. The lowest BCUT2D eigenvalue weighted by Crippen LogP contribution is -2.08. The van der Waals surface area contributed by atoms with Gasteiger partial charge in [0.15, 0.2) is 5.82 Å². The number of carbonyl (C=O) groups is 1. The fourth-order valence-corrected chi connectivity index (χ4v) is 2.64. The molecule has 0 unspecified atom stereocenters. The second-order valence-corrected chi connectivity index (χ2v) is 5.76. The Morgan fingerprint density at radius 1 is 1.52 bits per heavy atom. The second kappa shape index (κ2) is 9.90. The van der Waals surface area contributed by atoms with E-state index < -0.39 is 5.82 Å². The van der Waals surface area contributed by atoms with Crippen molar-refractivity contribution in [3.63, 3.8) is 0 Å². The molecule has 0 aliphatic heterocycles. The molecule has 0 spiro atoms. The van der Waals surface area contributed by atoms with E-state index >= 15 is 0 Å². The Morgan fingerprint density at radius 3 is 2.95 bits per heavy atom. The van der Waals surface area contributed by atoms with Crippen LogP contribution >= 0.6 is 35.6 Å². The Bertz CT molecular complexity index is 548. The third-order valence-electron chi connectivity index (χ3n) is 2.52. The second-order valence-electron chi connectivity index (χ2n) is 4.15. The summed E-state index contributed by atoms with van der Waals surface area (Å²) >= 11 is 11.6. The molecule has 0 atom stereocenters. The van der Waals surface area contributed by atoms with E-state index in [0.717, 1.165) is 25.3 Å². The van der Waals surface area contributed by atoms with Gasteiger partial charge in [0.2, 0.25) is 0 Å². The molecule has 1 aromatic carbocycles. The standard InChI is InChI=1S/C14H15ClFNO2S2/c1-2-3-4-5-19-14(18)8-21-13-7-12(17-9-20)11(16)6-10(13)15/h6-7H,2-5,8H2,1H3. The Morgan fingerprint density at radius 2 is 2.29 bits per heavy atom. The Kier molecular flexibility index (Phi) is 8.54. The number of unbranched alkanes of at least 4 members (excludes halogenated alkanes) is 2. The van der Waals surface area contributed by atoms with Gasteiger partial charge in [0.05, 0.1) is 22.5 Å². The topological polar surface area (TPSA) is 38.7 Å². The van der Waals surface area contributed by atoms with E-state index in [1.165, 1.54) is 17.8 Å². The third kappa shape index (κ3) is 6.57. The highest BCUT2D eigenvalue weighted by Gasteiger charge is 2.11. The maximum absolute atomic E-state index is 13.5. The van der Waals surface area contributed by atoms with Gasteiger partial charge in [0.25, 0.3) is 0 Å². The summed E-state index contributed by atoms with van der Waals surface area (Å²) in [6.07, 6.45) is 2.96. The minimum absolute atomic E-state index is 0.0493. The van der Waals surface area contributed by atoms with Crippen molar-refractivity contribution in [2.45, 2.75) is 31.1 Å². The van der Waals surface area contributed by atoms with Gasteiger partial charge in [0, 0.05) is 4.90 Å². The van der Waals surface area contributed by atoms with Gasteiger partial charge in [-0.3, -0.25) is 4.79 Å². The first-order chi connectivity index (χ1) is 10.1. The molecule has 1 aromatic rings. The van der Waals surface area contributed by atoms with Crippen molar-refractivity contribution in [2.75, 3.05) is 12.4 Å². The minimum Gasteiger partial charge on any atom is -0.465 e. The molecule has 114 valence electrons. The Hall–Kier alpha value is -0.940. The van der Waals surface area contributed by atoms with Crippen LogP contribution in [0.3, 0.4) is 0 Å². The highest BCUT2D eigenvalue weighted by molar-refractivity contribution is 8.00. The molecule has 3 nitrogen and oxygen atoms in total. The minimum atomic E-state index is -0.580. The SMILES string of the molecule is CCCCCOC(=O)CSc1cc(N=C=S)c(F)cc1Cl. The number of nitrogens with zero attached hydrogens (tertiary/aromatic N) is 1. The van der Waals surface area contributed by atoms with Gasteiger partial charge in [-0.05, 0) is 30.8 Å². The number of thiocarbonyl (C=S) groups is 1. The highest BCUT2D eigenvalue weighted by atomic mass is 35.5. The van der Waals surface area contributed by atoms with Crippen LogP contribution in [0, 0.1) is 5.82 Å². The van der Waals surface area contributed by atoms with E-state index in [4.69, 9.17) is 16.3 Å². The van der Waals surface area contributed by atoms with E-state index in [1.807, 2.05) is 0 Å². The number of thioether (sulfide) groups is 1. The fourth-order valence-electron chi connectivity index (χ4n) is 1.48. The number of hydrogen-bond donors (Lipinski definition) is 0. The molecule has 0 radical (unpaired) electrons. The quantitative estimate of drug-likeness (QED) is 0.217. The fraction of sp³-hybridized carbons (Fsp3) is 0.429. The van der Waals surface area contributed by atoms with E-state index in [0.29, 0.717) is 11.5 Å². The van der Waals surface area contributed by atoms with Crippen LogP contribution in [0.4, 0.5) is 10.1 Å². The van der Waals surface area contributed by atoms with Crippen molar-refractivity contribution in [3.05, 3.63) is 23.0 Å². The molecule has 0 saturated carbocycles. The van der Waals surface area contributed by atoms with Crippen LogP contribution in [0.15, 0.2) is 22.0 Å². The number of isothiocyanates is 1. The summed E-state index contributed by atoms with van der Waals surface area (Å²) < 4.78 is 18.6. The van der Waals surface area contributed by atoms with Gasteiger partial charge in [-0.2, -0.15) is 4.99 Å². The summed E-state index contributed by atoms with van der Waals surface area (Å²) in [5.41, 5.74) is 0.0493. The number of esters is 1. The average molecular weight is 348 g/mol. The van der Waals surface area contributed by atoms with Crippen LogP contribution in [0.2, 0.25) is 5.02 Å². The Balaban J connectivity index is 2.56. The number of ether oxygens (including phenoxy) is 1. The van der Waals surface area contributed by atoms with E-state index in [1.54, 1.807) is 0 Å². The molecule has 21 heavy (non-hydrogen) atoms. The van der Waals surface area contributed by atoms with Gasteiger partial charge in [-0.25, -0.2) is 4.39 Å². The normalized spacial score (nSPS) is 10.0. The van der Waals surface area contributed by atoms with Crippen LogP contribution in [-0.4, -0.2) is 23.5 Å². The van der Waals surface area contributed by atoms with Crippen LogP contribution in [0.25, 0.3) is 0 Å². The lowest BCUT2D eigenvalue weighted by molar-refractivity contribution is -0.140. The van der Waals surface area contributed by atoms with Gasteiger partial charge in [-0.15, -0.1) is 11.8 Å². The molecule has 0 aliphatic carbocycles. The number of rotatable bonds is 8. The van der Waals surface area contributed by atoms with E-state index in [2.05, 4.69) is 29.3 Å². The highest BCUT2D eigenvalue weighted by Crippen LogP contribution is 2.33. The molecule has 0 amide bonds. The number of aliphatic imine (C=N–C) groups is 1. The number of hydrogen-bond acceptors (Lipinski definition) is 5. The summed E-state index contributed by atoms with van der Waals surface area (Å²) in [4.78, 5) is 15.7. The van der Waals surface area contributed by atoms with Crippen molar-refractivity contribution in [3.8, 4) is 0 Å². The Labute approximate surface area is 137 Å². The van der Waals surface area contributed by atoms with Crippen LogP contribution in [-0.2, 0) is 9.53 Å². The molecular formula is C14H15ClFNO2S2. The molecule has 0 aliphatic rings. The molecule has 7 heteroatoms. The summed E-state index contributed by atoms with van der Waals surface area (Å²) in [7, 11) is 0. The van der Waals surface area contributed by atoms with Crippen LogP contribution < -0.4 is 0 Å². The van der Waals surface area contributed by atoms with E-state index in [-0.39, 0.29) is 22.4 Å². The number of carbonyl (C=O) groups excluding carboxylic acids is 1. The van der Waals surface area contributed by atoms with Crippen LogP contribution in [0.1, 0.15) is 26.2 Å². The molecular weight excluding hydrogens is 333 g/mol. The van der Waals surface area contributed by atoms with Crippen molar-refractivity contribution in [2.24, 2.45) is 4.99 Å². The van der Waals surface area contributed by atoms with Crippen molar-refractivity contribution >= 4 is 52.4 Å². The summed E-state index contributed by atoms with van der Waals surface area (Å²) in [6, 6.07) is 2.58. The summed E-state index contributed by atoms with van der Waals surface area (Å²) in [5, 5.41) is 2.32. The number of benzene rings is 1. The number of halogens is 2. The first-order valence-electron chi connectivity index (χ1n) is 6.43. The van der Waals surface area contributed by atoms with Crippen molar-refractivity contribution < 1.29 is 13.9 Å². The molecule has 0 fully saturated rings. The maximum atomic E-state index is 13.5. The molecule has 1 rings (SSSR count). The van der Waals surface area contributed by atoms with Gasteiger partial charge >= 0.3 is 5.97 Å². The van der Waals surface area contributed by atoms with Crippen molar-refractivity contribution in [1.82, 2.24) is 0 Å². The molecule has 0 saturated heterocycles. The van der Waals surface area contributed by atoms with Gasteiger partial charge < -0.3 is 4.74 Å². The lowest BCUT2D eigenvalue weighted by Gasteiger charge is -2.07. The average Bonchev–Trinajstić information content (AvgIpc) is 2.45. The first kappa shape index (κ1) is 18.1. The molecule has 0 N–H and O–H groups in total. The maximum Gasteiger partial charge on any atom is 0.316 e. The summed E-state index contributed by atoms with van der Waals surface area (Å²) in [6.45, 7) is 2.50. The molecule has 0 heterocycles. The lowest BCUT2D eigenvalue weighted by atomic mass is 10.3. The van der Waals surface area contributed by atoms with E-state index in [9.17, 15) is 9.18 Å². The predicted octanol–water partition coefficient (Wildman–Crippen LogP) is 5.04. The van der Waals surface area contributed by atoms with Gasteiger partial charge in [0.1, 0.15) is 5.69 Å². The summed E-state index contributed by atoms with van der Waals surface area (Å²) in [5.74, 6) is -0.793. The third-order valence-corrected chi connectivity index (χ3v) is 4.07. The zero-order chi connectivity index (χ0) is 15.7. The smallest absolute Gasteiger partial charge is 0.316 e. The zero-order valence-corrected chi connectivity index (χ0v) is 13.9. The van der Waals surface area contributed by atoms with Gasteiger partial charge in [-0.1, -0.05) is 31.4 Å². The predicted molar refractivity (Wildman–Crippen MR) is 87.3 cm³/mol. The largest absolute Gasteiger partial charge is 0.465 e. The first-order valence-corrected chi connectivity index (χ1v) is 8.21. The van der Waals surface area contributed by atoms with Crippen molar-refractivity contribution in [1.29, 1.82) is 0 Å².